The molecule has 0 saturated carbocycles. The molecule has 0 aliphatic carbocycles. The number of methoxy groups -OCH3 is 2. The van der Waals surface area contributed by atoms with Gasteiger partial charge in [-0.15, -0.1) is 0 Å². The van der Waals surface area contributed by atoms with Crippen LogP contribution in [-0.4, -0.2) is 69.1 Å². The quantitative estimate of drug-likeness (QED) is 0.280. The molecule has 1 aromatic rings. The van der Waals surface area contributed by atoms with Crippen LogP contribution in [0.25, 0.3) is 0 Å². The molecule has 1 aromatic carbocycles. The zero-order valence-electron chi connectivity index (χ0n) is 24.0. The van der Waals surface area contributed by atoms with E-state index in [1.165, 1.54) is 0 Å². The van der Waals surface area contributed by atoms with E-state index in [9.17, 15) is 9.90 Å². The summed E-state index contributed by atoms with van der Waals surface area (Å²) in [6.07, 6.45) is 4.40. The Morgan fingerprint density at radius 3 is 2.42 bits per heavy atom. The summed E-state index contributed by atoms with van der Waals surface area (Å²) in [4.78, 5) is 14.6. The molecule has 0 radical (unpaired) electrons. The van der Waals surface area contributed by atoms with Crippen LogP contribution in [-0.2, 0) is 16.0 Å². The number of unbranched alkanes of at least 4 members (excludes halogenated alkanes) is 1. The summed E-state index contributed by atoms with van der Waals surface area (Å²) in [6.45, 7) is 11.9. The number of hydrogen-bond acceptors (Lipinski definition) is 6. The summed E-state index contributed by atoms with van der Waals surface area (Å²) in [5.41, 5.74) is 7.18. The minimum atomic E-state index is -0.780. The number of rotatable bonds is 18. The predicted octanol–water partition coefficient (Wildman–Crippen LogP) is 4.68. The Morgan fingerprint density at radius 1 is 1.14 bits per heavy atom. The number of hydrogen-bond donors (Lipinski definition) is 2. The highest BCUT2D eigenvalue weighted by atomic mass is 16.5. The Balaban J connectivity index is 2.80. The van der Waals surface area contributed by atoms with Gasteiger partial charge in [0.15, 0.2) is 11.5 Å². The monoisotopic (exact) mass is 508 g/mol. The number of likely N-dealkylation sites (N-methyl/N-ethyl adjacent to an activating group) is 1. The fraction of sp³-hybridized carbons (Fsp3) is 0.759. The zero-order chi connectivity index (χ0) is 27.3. The van der Waals surface area contributed by atoms with Gasteiger partial charge in [0.05, 0.1) is 19.8 Å². The van der Waals surface area contributed by atoms with Gasteiger partial charge in [-0.3, -0.25) is 4.79 Å². The Bertz CT molecular complexity index is 768. The van der Waals surface area contributed by atoms with E-state index in [1.54, 1.807) is 26.2 Å². The van der Waals surface area contributed by atoms with Crippen molar-refractivity contribution in [3.63, 3.8) is 0 Å². The highest BCUT2D eigenvalue weighted by Crippen LogP contribution is 2.31. The van der Waals surface area contributed by atoms with Crippen LogP contribution in [0.1, 0.15) is 72.3 Å². The highest BCUT2D eigenvalue weighted by molar-refractivity contribution is 5.81. The maximum Gasteiger partial charge on any atom is 0.228 e. The molecule has 3 atom stereocenters. The van der Waals surface area contributed by atoms with E-state index >= 15 is 0 Å². The summed E-state index contributed by atoms with van der Waals surface area (Å²) in [5, 5.41) is 10.9. The maximum absolute atomic E-state index is 12.9. The van der Waals surface area contributed by atoms with Crippen LogP contribution < -0.4 is 15.2 Å². The Labute approximate surface area is 219 Å². The van der Waals surface area contributed by atoms with E-state index in [-0.39, 0.29) is 18.4 Å². The van der Waals surface area contributed by atoms with Gasteiger partial charge in [0, 0.05) is 45.2 Å². The van der Waals surface area contributed by atoms with Gasteiger partial charge in [-0.1, -0.05) is 53.5 Å². The van der Waals surface area contributed by atoms with Crippen molar-refractivity contribution in [3.05, 3.63) is 23.8 Å². The highest BCUT2D eigenvalue weighted by Gasteiger charge is 2.32. The van der Waals surface area contributed by atoms with Crippen LogP contribution in [0.4, 0.5) is 0 Å². The van der Waals surface area contributed by atoms with Gasteiger partial charge >= 0.3 is 0 Å². The molecular weight excluding hydrogens is 456 g/mol. The fourth-order valence-electron chi connectivity index (χ4n) is 4.49. The minimum absolute atomic E-state index is 0.0545. The van der Waals surface area contributed by atoms with Crippen molar-refractivity contribution in [3.8, 4) is 11.5 Å². The minimum Gasteiger partial charge on any atom is -0.493 e. The Hall–Kier alpha value is -1.83. The fourth-order valence-corrected chi connectivity index (χ4v) is 4.49. The van der Waals surface area contributed by atoms with Gasteiger partial charge in [0.25, 0.3) is 0 Å². The molecule has 7 nitrogen and oxygen atoms in total. The van der Waals surface area contributed by atoms with Crippen molar-refractivity contribution in [2.24, 2.45) is 23.0 Å². The normalized spacial score (nSPS) is 14.4. The second-order valence-corrected chi connectivity index (χ2v) is 11.0. The van der Waals surface area contributed by atoms with E-state index < -0.39 is 17.6 Å². The third-order valence-electron chi connectivity index (χ3n) is 7.03. The second kappa shape index (κ2) is 16.1. The molecule has 0 aliphatic heterocycles. The van der Waals surface area contributed by atoms with Gasteiger partial charge < -0.3 is 30.0 Å². The number of aliphatic hydroxyl groups excluding tert-OH is 1. The van der Waals surface area contributed by atoms with Gasteiger partial charge in [0.2, 0.25) is 5.91 Å². The van der Waals surface area contributed by atoms with E-state index in [4.69, 9.17) is 19.9 Å². The molecule has 0 aliphatic rings. The number of amides is 1. The molecule has 3 N–H and O–H groups in total. The van der Waals surface area contributed by atoms with Crippen LogP contribution in [0.15, 0.2) is 18.2 Å². The summed E-state index contributed by atoms with van der Waals surface area (Å²) in [7, 11) is 5.08. The smallest absolute Gasteiger partial charge is 0.228 e. The second-order valence-electron chi connectivity index (χ2n) is 11.0. The number of aliphatic hydroxyl groups is 1. The Kier molecular flexibility index (Phi) is 14.4. The van der Waals surface area contributed by atoms with Crippen molar-refractivity contribution in [1.29, 1.82) is 0 Å². The van der Waals surface area contributed by atoms with E-state index in [0.29, 0.717) is 31.3 Å². The molecule has 1 rings (SSSR count). The molecule has 0 spiro atoms. The van der Waals surface area contributed by atoms with Gasteiger partial charge in [-0.2, -0.15) is 0 Å². The molecule has 7 heteroatoms. The number of carbonyl (C=O) groups excluding carboxylic acids is 1. The van der Waals surface area contributed by atoms with Gasteiger partial charge in [-0.05, 0) is 48.8 Å². The standard InChI is InChI=1S/C29H52N2O5/c1-9-10-14-29(4,5)28(33)31(6)20-25(32)24(30)19-23(21(2)3)17-22-12-13-26(35-8)27(18-22)36-16-11-15-34-7/h12-13,18,21,23-25,32H,9-11,14-17,19-20,30H2,1-8H3/t23-,24-,25-/m0/s1. The van der Waals surface area contributed by atoms with Crippen molar-refractivity contribution >= 4 is 5.91 Å². The van der Waals surface area contributed by atoms with Crippen molar-refractivity contribution in [2.45, 2.75) is 85.3 Å². The summed E-state index contributed by atoms with van der Waals surface area (Å²) in [5.74, 6) is 2.14. The molecule has 1 amide bonds. The maximum atomic E-state index is 12.9. The number of ether oxygens (including phenoxy) is 3. The Morgan fingerprint density at radius 2 is 1.83 bits per heavy atom. The molecule has 0 saturated heterocycles. The first-order valence-electron chi connectivity index (χ1n) is 13.4. The van der Waals surface area contributed by atoms with Crippen LogP contribution in [0.2, 0.25) is 0 Å². The third kappa shape index (κ3) is 10.7. The number of benzene rings is 1. The topological polar surface area (TPSA) is 94.3 Å². The van der Waals surface area contributed by atoms with E-state index in [2.05, 4.69) is 26.8 Å². The van der Waals surface area contributed by atoms with Gasteiger partial charge in [0.1, 0.15) is 0 Å². The first-order valence-corrected chi connectivity index (χ1v) is 13.4. The van der Waals surface area contributed by atoms with E-state index in [1.807, 2.05) is 26.0 Å². The third-order valence-corrected chi connectivity index (χ3v) is 7.03. The lowest BCUT2D eigenvalue weighted by Crippen LogP contribution is -2.48. The van der Waals surface area contributed by atoms with Crippen LogP contribution in [0.5, 0.6) is 11.5 Å². The van der Waals surface area contributed by atoms with Crippen molar-refractivity contribution in [1.82, 2.24) is 4.90 Å². The van der Waals surface area contributed by atoms with Crippen LogP contribution in [0.3, 0.4) is 0 Å². The van der Waals surface area contributed by atoms with E-state index in [0.717, 1.165) is 43.4 Å². The summed E-state index contributed by atoms with van der Waals surface area (Å²) in [6, 6.07) is 5.61. The molecule has 0 unspecified atom stereocenters. The summed E-state index contributed by atoms with van der Waals surface area (Å²) >= 11 is 0. The van der Waals surface area contributed by atoms with Crippen LogP contribution in [0, 0.1) is 17.3 Å². The zero-order valence-corrected chi connectivity index (χ0v) is 24.0. The average Bonchev–Trinajstić information content (AvgIpc) is 2.84. The summed E-state index contributed by atoms with van der Waals surface area (Å²) < 4.78 is 16.5. The van der Waals surface area contributed by atoms with Crippen molar-refractivity contribution < 1.29 is 24.1 Å². The lowest BCUT2D eigenvalue weighted by atomic mass is 9.83. The first kappa shape index (κ1) is 32.2. The molecule has 36 heavy (non-hydrogen) atoms. The average molecular weight is 509 g/mol. The SMILES string of the molecule is CCCCC(C)(C)C(=O)N(C)C[C@H](O)[C@@H](N)C[C@H](Cc1ccc(OC)c(OCCCOC)c1)C(C)C. The molecule has 0 heterocycles. The number of carbonyl (C=O) groups is 1. The molecule has 208 valence electrons. The van der Waals surface area contributed by atoms with Crippen molar-refractivity contribution in [2.75, 3.05) is 41.0 Å². The lowest BCUT2D eigenvalue weighted by Gasteiger charge is -2.33. The molecule has 0 fully saturated rings. The molecular formula is C29H52N2O5. The largest absolute Gasteiger partial charge is 0.493 e. The lowest BCUT2D eigenvalue weighted by molar-refractivity contribution is -0.140. The molecule has 0 aromatic heterocycles. The number of nitrogens with zero attached hydrogens (tertiary/aromatic N) is 1. The van der Waals surface area contributed by atoms with Crippen LogP contribution >= 0.6 is 0 Å². The first-order chi connectivity index (χ1) is 17.0. The van der Waals surface area contributed by atoms with Gasteiger partial charge in [-0.25, -0.2) is 0 Å². The predicted molar refractivity (Wildman–Crippen MR) is 147 cm³/mol. The molecule has 0 bridgehead atoms. The number of nitrogens with two attached hydrogens (primary N) is 1.